The molecule has 0 saturated carbocycles. The molecule has 5 nitrogen and oxygen atoms in total. The van der Waals surface area contributed by atoms with Crippen molar-refractivity contribution in [3.05, 3.63) is 47.5 Å². The van der Waals surface area contributed by atoms with Crippen LogP contribution in [0.1, 0.15) is 24.0 Å². The molecule has 1 aliphatic rings. The summed E-state index contributed by atoms with van der Waals surface area (Å²) < 4.78 is 0. The molecule has 0 fully saturated rings. The van der Waals surface area contributed by atoms with Crippen molar-refractivity contribution >= 4 is 17.0 Å². The third-order valence-corrected chi connectivity index (χ3v) is 3.99. The summed E-state index contributed by atoms with van der Waals surface area (Å²) in [7, 11) is 0. The lowest BCUT2D eigenvalue weighted by atomic mass is 10.1. The van der Waals surface area contributed by atoms with Crippen molar-refractivity contribution in [3.63, 3.8) is 0 Å². The largest absolute Gasteiger partial charge is 0.336 e. The molecule has 0 spiro atoms. The normalized spacial score (nSPS) is 14.4. The van der Waals surface area contributed by atoms with E-state index >= 15 is 0 Å². The summed E-state index contributed by atoms with van der Waals surface area (Å²) in [6.07, 6.45) is 3.82. The van der Waals surface area contributed by atoms with E-state index in [1.165, 1.54) is 5.56 Å². The monoisotopic (exact) mass is 279 g/mol. The van der Waals surface area contributed by atoms with Gasteiger partial charge in [0.2, 0.25) is 5.95 Å². The van der Waals surface area contributed by atoms with E-state index in [1.54, 1.807) is 0 Å². The molecule has 21 heavy (non-hydrogen) atoms. The van der Waals surface area contributed by atoms with E-state index in [1.807, 2.05) is 24.4 Å². The first-order valence-electron chi connectivity index (χ1n) is 7.37. The Morgan fingerprint density at radius 1 is 1.24 bits per heavy atom. The van der Waals surface area contributed by atoms with Gasteiger partial charge in [-0.3, -0.25) is 0 Å². The second kappa shape index (κ2) is 4.84. The first kappa shape index (κ1) is 12.3. The number of benzene rings is 1. The first-order chi connectivity index (χ1) is 10.3. The van der Waals surface area contributed by atoms with Crippen molar-refractivity contribution in [3.8, 4) is 0 Å². The summed E-state index contributed by atoms with van der Waals surface area (Å²) >= 11 is 0. The van der Waals surface area contributed by atoms with Gasteiger partial charge >= 0.3 is 0 Å². The van der Waals surface area contributed by atoms with Crippen molar-refractivity contribution in [2.75, 3.05) is 11.4 Å². The van der Waals surface area contributed by atoms with Gasteiger partial charge in [0.25, 0.3) is 0 Å². The highest BCUT2D eigenvalue weighted by atomic mass is 15.3. The zero-order valence-electron chi connectivity index (χ0n) is 12.0. The molecule has 1 N–H and O–H groups in total. The fraction of sp³-hybridized carbons (Fsp3) is 0.312. The Kier molecular flexibility index (Phi) is 2.84. The van der Waals surface area contributed by atoms with Gasteiger partial charge in [-0.2, -0.15) is 0 Å². The van der Waals surface area contributed by atoms with Crippen molar-refractivity contribution in [2.24, 2.45) is 0 Å². The van der Waals surface area contributed by atoms with E-state index in [9.17, 15) is 0 Å². The van der Waals surface area contributed by atoms with Gasteiger partial charge < -0.3 is 9.88 Å². The predicted octanol–water partition coefficient (Wildman–Crippen LogP) is 2.48. The first-order valence-corrected chi connectivity index (χ1v) is 7.37. The smallest absolute Gasteiger partial charge is 0.204 e. The number of H-pyrrole nitrogens is 1. The number of aromatic nitrogens is 4. The number of aromatic amines is 1. The number of fused-ring (bicyclic) bond motifs is 2. The van der Waals surface area contributed by atoms with Gasteiger partial charge in [-0.05, 0) is 24.1 Å². The number of rotatable bonds is 2. The topological polar surface area (TPSA) is 57.7 Å². The molecule has 0 unspecified atom stereocenters. The van der Waals surface area contributed by atoms with Crippen LogP contribution in [0.15, 0.2) is 30.5 Å². The summed E-state index contributed by atoms with van der Waals surface area (Å²) in [6.45, 7) is 3.83. The molecule has 1 aliphatic heterocycles. The maximum atomic E-state index is 4.68. The molecule has 4 rings (SSSR count). The van der Waals surface area contributed by atoms with Crippen LogP contribution in [0.4, 0.5) is 5.95 Å². The van der Waals surface area contributed by atoms with Crippen LogP contribution in [0.2, 0.25) is 0 Å². The maximum absolute atomic E-state index is 4.68. The molecule has 106 valence electrons. The van der Waals surface area contributed by atoms with E-state index in [-0.39, 0.29) is 0 Å². The third kappa shape index (κ3) is 2.14. The lowest BCUT2D eigenvalue weighted by Gasteiger charge is -2.27. The van der Waals surface area contributed by atoms with E-state index in [0.29, 0.717) is 0 Å². The van der Waals surface area contributed by atoms with Crippen LogP contribution in [0.25, 0.3) is 11.0 Å². The Hall–Kier alpha value is -2.43. The minimum atomic E-state index is 0.796. The predicted molar refractivity (Wildman–Crippen MR) is 82.3 cm³/mol. The zero-order chi connectivity index (χ0) is 14.2. The molecule has 0 radical (unpaired) electrons. The Labute approximate surface area is 123 Å². The molecule has 3 heterocycles. The van der Waals surface area contributed by atoms with Gasteiger partial charge in [0.1, 0.15) is 5.82 Å². The molecular weight excluding hydrogens is 262 g/mol. The molecule has 0 bridgehead atoms. The molecule has 0 aliphatic carbocycles. The van der Waals surface area contributed by atoms with Crippen LogP contribution >= 0.6 is 0 Å². The van der Waals surface area contributed by atoms with E-state index in [0.717, 1.165) is 54.4 Å². The minimum absolute atomic E-state index is 0.796. The van der Waals surface area contributed by atoms with Crippen LogP contribution in [-0.2, 0) is 19.4 Å². The number of para-hydroxylation sites is 2. The number of anilines is 1. The van der Waals surface area contributed by atoms with Crippen LogP contribution in [0, 0.1) is 0 Å². The SMILES string of the molecule is CCc1ncc2c(n1)CN(c1nc3ccccc3[nH]1)CC2. The minimum Gasteiger partial charge on any atom is -0.336 e. The lowest BCUT2D eigenvalue weighted by Crippen LogP contribution is -2.32. The maximum Gasteiger partial charge on any atom is 0.204 e. The van der Waals surface area contributed by atoms with Crippen molar-refractivity contribution < 1.29 is 0 Å². The van der Waals surface area contributed by atoms with Gasteiger partial charge in [-0.15, -0.1) is 0 Å². The molecule has 5 heteroatoms. The zero-order valence-corrected chi connectivity index (χ0v) is 12.0. The number of nitrogens with one attached hydrogen (secondary N) is 1. The average Bonchev–Trinajstić information content (AvgIpc) is 2.97. The highest BCUT2D eigenvalue weighted by Crippen LogP contribution is 2.23. The van der Waals surface area contributed by atoms with Gasteiger partial charge in [0.15, 0.2) is 0 Å². The summed E-state index contributed by atoms with van der Waals surface area (Å²) in [5.74, 6) is 1.85. The van der Waals surface area contributed by atoms with Gasteiger partial charge in [0.05, 0.1) is 23.3 Å². The number of imidazole rings is 1. The quantitative estimate of drug-likeness (QED) is 0.783. The van der Waals surface area contributed by atoms with E-state index in [2.05, 4.69) is 37.8 Å². The van der Waals surface area contributed by atoms with Crippen LogP contribution in [0.3, 0.4) is 0 Å². The Bertz CT molecular complexity index is 759. The second-order valence-electron chi connectivity index (χ2n) is 5.36. The Morgan fingerprint density at radius 2 is 2.14 bits per heavy atom. The summed E-state index contributed by atoms with van der Waals surface area (Å²) in [4.78, 5) is 19.4. The standard InChI is InChI=1S/C16H17N5/c1-2-15-17-9-11-7-8-21(10-14(11)18-15)16-19-12-5-3-4-6-13(12)20-16/h3-6,9H,2,7-8,10H2,1H3,(H,19,20). The lowest BCUT2D eigenvalue weighted by molar-refractivity contribution is 0.679. The second-order valence-corrected chi connectivity index (χ2v) is 5.36. The highest BCUT2D eigenvalue weighted by Gasteiger charge is 2.20. The number of hydrogen-bond donors (Lipinski definition) is 1. The van der Waals surface area contributed by atoms with Crippen LogP contribution in [-0.4, -0.2) is 26.5 Å². The van der Waals surface area contributed by atoms with Gasteiger partial charge in [-0.1, -0.05) is 19.1 Å². The summed E-state index contributed by atoms with van der Waals surface area (Å²) in [5.41, 5.74) is 4.48. The third-order valence-electron chi connectivity index (χ3n) is 3.99. The molecule has 2 aromatic heterocycles. The van der Waals surface area contributed by atoms with Crippen molar-refractivity contribution in [1.29, 1.82) is 0 Å². The van der Waals surface area contributed by atoms with Crippen molar-refractivity contribution in [2.45, 2.75) is 26.3 Å². The number of aryl methyl sites for hydroxylation is 1. The molecule has 3 aromatic rings. The summed E-state index contributed by atoms with van der Waals surface area (Å²) in [6, 6.07) is 8.13. The van der Waals surface area contributed by atoms with E-state index < -0.39 is 0 Å². The Balaban J connectivity index is 1.67. The Morgan fingerprint density at radius 3 is 3.00 bits per heavy atom. The molecule has 0 saturated heterocycles. The number of hydrogen-bond acceptors (Lipinski definition) is 4. The highest BCUT2D eigenvalue weighted by molar-refractivity contribution is 5.77. The fourth-order valence-electron chi connectivity index (χ4n) is 2.78. The average molecular weight is 279 g/mol. The van der Waals surface area contributed by atoms with Crippen LogP contribution < -0.4 is 4.90 Å². The van der Waals surface area contributed by atoms with Crippen LogP contribution in [0.5, 0.6) is 0 Å². The molecular formula is C16H17N5. The summed E-state index contributed by atoms with van der Waals surface area (Å²) in [5, 5.41) is 0. The van der Waals surface area contributed by atoms with E-state index in [4.69, 9.17) is 0 Å². The molecule has 0 amide bonds. The molecule has 0 atom stereocenters. The number of nitrogens with zero attached hydrogens (tertiary/aromatic N) is 4. The molecule has 1 aromatic carbocycles. The fourth-order valence-corrected chi connectivity index (χ4v) is 2.78. The van der Waals surface area contributed by atoms with Crippen molar-refractivity contribution in [1.82, 2.24) is 19.9 Å². The van der Waals surface area contributed by atoms with Gasteiger partial charge in [-0.25, -0.2) is 15.0 Å². The van der Waals surface area contributed by atoms with Gasteiger partial charge in [0, 0.05) is 19.2 Å².